The van der Waals surface area contributed by atoms with Gasteiger partial charge >= 0.3 is 0 Å². The van der Waals surface area contributed by atoms with Crippen LogP contribution in [0.2, 0.25) is 0 Å². The van der Waals surface area contributed by atoms with Gasteiger partial charge in [-0.25, -0.2) is 18.2 Å². The van der Waals surface area contributed by atoms with Crippen LogP contribution in [-0.4, -0.2) is 47.0 Å². The molecule has 2 unspecified atom stereocenters. The predicted octanol–water partition coefficient (Wildman–Crippen LogP) is 3.86. The van der Waals surface area contributed by atoms with Crippen LogP contribution in [0.3, 0.4) is 0 Å². The highest BCUT2D eigenvalue weighted by molar-refractivity contribution is 14.1. The molecule has 1 aromatic heterocycles. The number of nitrogens with zero attached hydrogens (tertiary/aromatic N) is 4. The number of hydrogen-bond acceptors (Lipinski definition) is 4. The molecular weight excluding hydrogens is 508 g/mol. The lowest BCUT2D eigenvalue weighted by molar-refractivity contribution is 0.0781. The molecule has 3 heterocycles. The second-order valence-electron chi connectivity index (χ2n) is 7.72. The van der Waals surface area contributed by atoms with E-state index in [4.69, 9.17) is 0 Å². The number of halogens is 4. The maximum Gasteiger partial charge on any atom is 0.255 e. The van der Waals surface area contributed by atoms with Crippen LogP contribution in [0.5, 0.6) is 0 Å². The Balaban J connectivity index is 1.31. The number of aromatic nitrogens is 2. The summed E-state index contributed by atoms with van der Waals surface area (Å²) in [7, 11) is 0. The lowest BCUT2D eigenvalue weighted by Crippen LogP contribution is -2.34. The third-order valence-corrected chi connectivity index (χ3v) is 6.95. The molecular formula is C21H16F3IN4O. The maximum atomic E-state index is 13.8. The van der Waals surface area contributed by atoms with E-state index in [-0.39, 0.29) is 17.7 Å². The molecule has 2 saturated heterocycles. The lowest BCUT2D eigenvalue weighted by Gasteiger charge is -2.23. The van der Waals surface area contributed by atoms with E-state index in [0.717, 1.165) is 12.1 Å². The van der Waals surface area contributed by atoms with Gasteiger partial charge in [-0.3, -0.25) is 9.78 Å². The summed E-state index contributed by atoms with van der Waals surface area (Å²) in [6.45, 7) is 2.57. The molecule has 154 valence electrons. The summed E-state index contributed by atoms with van der Waals surface area (Å²) >= 11 is 1.87. The minimum Gasteiger partial charge on any atom is -0.355 e. The van der Waals surface area contributed by atoms with E-state index in [2.05, 4.69) is 14.9 Å². The van der Waals surface area contributed by atoms with Gasteiger partial charge in [0.15, 0.2) is 11.6 Å². The first-order chi connectivity index (χ1) is 14.4. The minimum atomic E-state index is -0.951. The van der Waals surface area contributed by atoms with Gasteiger partial charge < -0.3 is 9.80 Å². The number of anilines is 1. The number of likely N-dealkylation sites (tertiary alicyclic amines) is 1. The number of benzene rings is 2. The zero-order valence-electron chi connectivity index (χ0n) is 15.7. The van der Waals surface area contributed by atoms with Crippen molar-refractivity contribution in [1.82, 2.24) is 14.9 Å². The fraction of sp³-hybridized carbons (Fsp3) is 0.286. The summed E-state index contributed by atoms with van der Waals surface area (Å²) in [6, 6.07) is 6.65. The van der Waals surface area contributed by atoms with Crippen molar-refractivity contribution in [3.63, 3.8) is 0 Å². The monoisotopic (exact) mass is 524 g/mol. The van der Waals surface area contributed by atoms with Crippen molar-refractivity contribution in [3.05, 3.63) is 63.1 Å². The fourth-order valence-corrected chi connectivity index (χ4v) is 4.93. The van der Waals surface area contributed by atoms with Gasteiger partial charge in [0, 0.05) is 50.1 Å². The average molecular weight is 524 g/mol. The Kier molecular flexibility index (Phi) is 4.79. The summed E-state index contributed by atoms with van der Waals surface area (Å²) in [5.74, 6) is -1.29. The SMILES string of the molecule is O=C(c1cccc(F)c1I)N1CC2CN(c3cnc4cc(F)c(F)cc4n3)CC2C1. The van der Waals surface area contributed by atoms with Crippen molar-refractivity contribution in [2.75, 3.05) is 31.1 Å². The van der Waals surface area contributed by atoms with E-state index in [9.17, 15) is 18.0 Å². The van der Waals surface area contributed by atoms with Crippen LogP contribution in [0.25, 0.3) is 11.0 Å². The van der Waals surface area contributed by atoms with E-state index in [0.29, 0.717) is 52.2 Å². The highest BCUT2D eigenvalue weighted by Gasteiger charge is 2.42. The highest BCUT2D eigenvalue weighted by Crippen LogP contribution is 2.34. The number of carbonyl (C=O) groups is 1. The summed E-state index contributed by atoms with van der Waals surface area (Å²) in [4.78, 5) is 25.4. The number of rotatable bonds is 2. The molecule has 0 saturated carbocycles. The third kappa shape index (κ3) is 3.28. The van der Waals surface area contributed by atoms with E-state index in [1.807, 2.05) is 22.6 Å². The first-order valence-electron chi connectivity index (χ1n) is 9.50. The molecule has 0 bridgehead atoms. The molecule has 2 atom stereocenters. The number of hydrogen-bond donors (Lipinski definition) is 0. The van der Waals surface area contributed by atoms with Gasteiger partial charge in [-0.1, -0.05) is 6.07 Å². The van der Waals surface area contributed by atoms with Crippen molar-refractivity contribution < 1.29 is 18.0 Å². The van der Waals surface area contributed by atoms with Crippen LogP contribution in [-0.2, 0) is 0 Å². The molecule has 2 aliphatic rings. The standard InChI is InChI=1S/C21H16F3IN4O/c22-14-3-1-2-13(20(14)25)21(30)29-9-11-7-28(8-12(11)10-29)19-6-26-17-4-15(23)16(24)5-18(17)27-19/h1-6,11-12H,7-10H2. The molecule has 2 aliphatic heterocycles. The summed E-state index contributed by atoms with van der Waals surface area (Å²) in [5.41, 5.74) is 1.00. The largest absolute Gasteiger partial charge is 0.355 e. The predicted molar refractivity (Wildman–Crippen MR) is 114 cm³/mol. The second-order valence-corrected chi connectivity index (χ2v) is 8.80. The molecule has 2 fully saturated rings. The van der Waals surface area contributed by atoms with Crippen LogP contribution in [0.1, 0.15) is 10.4 Å². The van der Waals surface area contributed by atoms with E-state index in [1.165, 1.54) is 6.07 Å². The smallest absolute Gasteiger partial charge is 0.255 e. The molecule has 5 nitrogen and oxygen atoms in total. The topological polar surface area (TPSA) is 49.3 Å². The van der Waals surface area contributed by atoms with E-state index >= 15 is 0 Å². The Labute approximate surface area is 184 Å². The van der Waals surface area contributed by atoms with Gasteiger partial charge in [0.05, 0.1) is 26.4 Å². The third-order valence-electron chi connectivity index (χ3n) is 5.85. The molecule has 0 aliphatic carbocycles. The molecule has 9 heteroatoms. The van der Waals surface area contributed by atoms with Crippen molar-refractivity contribution in [2.24, 2.45) is 11.8 Å². The molecule has 30 heavy (non-hydrogen) atoms. The van der Waals surface area contributed by atoms with Gasteiger partial charge in [-0.05, 0) is 34.7 Å². The van der Waals surface area contributed by atoms with Gasteiger partial charge in [-0.15, -0.1) is 0 Å². The minimum absolute atomic E-state index is 0.150. The van der Waals surface area contributed by atoms with E-state index < -0.39 is 17.5 Å². The van der Waals surface area contributed by atoms with Crippen molar-refractivity contribution in [3.8, 4) is 0 Å². The summed E-state index contributed by atoms with van der Waals surface area (Å²) in [5, 5.41) is 0. The zero-order valence-corrected chi connectivity index (χ0v) is 17.8. The van der Waals surface area contributed by atoms with Crippen LogP contribution in [0.4, 0.5) is 19.0 Å². The molecule has 0 N–H and O–H groups in total. The normalized spacial score (nSPS) is 20.8. The molecule has 5 rings (SSSR count). The molecule has 0 radical (unpaired) electrons. The van der Waals surface area contributed by atoms with Gasteiger partial charge in [-0.2, -0.15) is 0 Å². The van der Waals surface area contributed by atoms with Crippen LogP contribution in [0, 0.1) is 32.9 Å². The van der Waals surface area contributed by atoms with Crippen molar-refractivity contribution >= 4 is 45.3 Å². The van der Waals surface area contributed by atoms with E-state index in [1.54, 1.807) is 23.2 Å². The maximum absolute atomic E-state index is 13.8. The number of carbonyl (C=O) groups excluding carboxylic acids is 1. The number of fused-ring (bicyclic) bond motifs is 2. The van der Waals surface area contributed by atoms with Crippen molar-refractivity contribution in [1.29, 1.82) is 0 Å². The molecule has 1 amide bonds. The zero-order chi connectivity index (χ0) is 21.0. The summed E-state index contributed by atoms with van der Waals surface area (Å²) < 4.78 is 41.1. The Hall–Kier alpha value is -2.43. The Morgan fingerprint density at radius 1 is 0.967 bits per heavy atom. The average Bonchev–Trinajstić information content (AvgIpc) is 3.29. The van der Waals surface area contributed by atoms with Crippen LogP contribution >= 0.6 is 22.6 Å². The van der Waals surface area contributed by atoms with Crippen molar-refractivity contribution in [2.45, 2.75) is 0 Å². The Morgan fingerprint density at radius 2 is 1.63 bits per heavy atom. The first kappa shape index (κ1) is 19.5. The lowest BCUT2D eigenvalue weighted by atomic mass is 10.0. The quantitative estimate of drug-likeness (QED) is 0.478. The van der Waals surface area contributed by atoms with Gasteiger partial charge in [0.25, 0.3) is 5.91 Å². The van der Waals surface area contributed by atoms with Gasteiger partial charge in [0.2, 0.25) is 0 Å². The molecule has 3 aromatic rings. The van der Waals surface area contributed by atoms with Crippen LogP contribution in [0.15, 0.2) is 36.5 Å². The Bertz CT molecular complexity index is 1160. The summed E-state index contributed by atoms with van der Waals surface area (Å²) in [6.07, 6.45) is 1.57. The molecule has 0 spiro atoms. The number of amides is 1. The van der Waals surface area contributed by atoms with Gasteiger partial charge in [0.1, 0.15) is 11.6 Å². The fourth-order valence-electron chi connectivity index (χ4n) is 4.34. The van der Waals surface area contributed by atoms with Crippen LogP contribution < -0.4 is 4.90 Å². The highest BCUT2D eigenvalue weighted by atomic mass is 127. The first-order valence-corrected chi connectivity index (χ1v) is 10.6. The molecule has 2 aromatic carbocycles. The second kappa shape index (κ2) is 7.36. The Morgan fingerprint density at radius 3 is 2.33 bits per heavy atom.